The third kappa shape index (κ3) is 3.42. The molecule has 0 radical (unpaired) electrons. The highest BCUT2D eigenvalue weighted by Gasteiger charge is 2.38. The smallest absolute Gasteiger partial charge is 0.326 e. The van der Waals surface area contributed by atoms with E-state index < -0.39 is 5.97 Å². The summed E-state index contributed by atoms with van der Waals surface area (Å²) >= 11 is 0. The van der Waals surface area contributed by atoms with E-state index in [-0.39, 0.29) is 24.3 Å². The first-order chi connectivity index (χ1) is 13.9. The summed E-state index contributed by atoms with van der Waals surface area (Å²) in [5, 5.41) is 0. The summed E-state index contributed by atoms with van der Waals surface area (Å²) in [6, 6.07) is 15.7. The predicted molar refractivity (Wildman–Crippen MR) is 112 cm³/mol. The summed E-state index contributed by atoms with van der Waals surface area (Å²) in [4.78, 5) is 31.0. The number of fused-ring (bicyclic) bond motifs is 2. The molecule has 4 rings (SSSR count). The van der Waals surface area contributed by atoms with Crippen LogP contribution in [0.2, 0.25) is 0 Å². The number of likely N-dealkylation sites (N-methyl/N-ethyl adjacent to an activating group) is 1. The molecule has 6 heteroatoms. The van der Waals surface area contributed by atoms with Crippen LogP contribution < -0.4 is 4.90 Å². The maximum absolute atomic E-state index is 12.5. The van der Waals surface area contributed by atoms with Gasteiger partial charge in [-0.1, -0.05) is 44.2 Å². The van der Waals surface area contributed by atoms with E-state index in [1.807, 2.05) is 54.4 Å². The second-order valence-corrected chi connectivity index (χ2v) is 7.72. The van der Waals surface area contributed by atoms with Gasteiger partial charge in [0.2, 0.25) is 0 Å². The Balaban J connectivity index is 1.42. The van der Waals surface area contributed by atoms with Crippen molar-refractivity contribution in [2.75, 3.05) is 18.6 Å². The molecule has 148 valence electrons. The molecule has 2 aromatic carbocycles. The number of allylic oxidation sites excluding steroid dienone is 1. The average molecular weight is 389 g/mol. The van der Waals surface area contributed by atoms with Gasteiger partial charge in [0, 0.05) is 29.9 Å². The van der Waals surface area contributed by atoms with Crippen LogP contribution in [0.4, 0.5) is 5.69 Å². The van der Waals surface area contributed by atoms with E-state index in [1.54, 1.807) is 17.0 Å². The third-order valence-electron chi connectivity index (χ3n) is 5.44. The van der Waals surface area contributed by atoms with Crippen molar-refractivity contribution in [2.45, 2.75) is 25.8 Å². The second kappa shape index (κ2) is 7.20. The van der Waals surface area contributed by atoms with E-state index in [0.717, 1.165) is 22.4 Å². The highest BCUT2D eigenvalue weighted by molar-refractivity contribution is 5.94. The van der Waals surface area contributed by atoms with Gasteiger partial charge >= 0.3 is 5.97 Å². The lowest BCUT2D eigenvalue weighted by atomic mass is 9.83. The summed E-state index contributed by atoms with van der Waals surface area (Å²) in [6.45, 7) is 3.91. The molecule has 3 aromatic rings. The molecule has 6 nitrogen and oxygen atoms in total. The number of anilines is 1. The van der Waals surface area contributed by atoms with Gasteiger partial charge in [0.05, 0.1) is 17.4 Å². The number of hydrogen-bond acceptors (Lipinski definition) is 5. The zero-order chi connectivity index (χ0) is 20.6. The molecule has 2 heterocycles. The monoisotopic (exact) mass is 389 g/mol. The molecule has 0 amide bonds. The van der Waals surface area contributed by atoms with E-state index in [2.05, 4.69) is 24.9 Å². The molecule has 0 spiro atoms. The summed E-state index contributed by atoms with van der Waals surface area (Å²) in [5.74, 6) is -0.709. The highest BCUT2D eigenvalue weighted by atomic mass is 16.5. The number of ether oxygens (including phenoxy) is 1. The minimum Gasteiger partial charge on any atom is -0.456 e. The van der Waals surface area contributed by atoms with Gasteiger partial charge < -0.3 is 14.2 Å². The number of esters is 1. The Morgan fingerprint density at radius 2 is 1.83 bits per heavy atom. The molecule has 0 saturated heterocycles. The van der Waals surface area contributed by atoms with Gasteiger partial charge in [-0.15, -0.1) is 0 Å². The Morgan fingerprint density at radius 1 is 1.10 bits per heavy atom. The fraction of sp³-hybridized carbons (Fsp3) is 0.261. The first-order valence-corrected chi connectivity index (χ1v) is 9.51. The van der Waals surface area contributed by atoms with Crippen LogP contribution in [-0.2, 0) is 26.3 Å². The van der Waals surface area contributed by atoms with E-state index in [1.165, 1.54) is 5.56 Å². The van der Waals surface area contributed by atoms with Crippen LogP contribution >= 0.6 is 0 Å². The molecule has 1 aromatic heterocycles. The van der Waals surface area contributed by atoms with Crippen molar-refractivity contribution >= 4 is 28.5 Å². The van der Waals surface area contributed by atoms with Crippen molar-refractivity contribution < 1.29 is 14.3 Å². The highest BCUT2D eigenvalue weighted by Crippen LogP contribution is 2.46. The SMILES string of the molecule is CN1/C(=C/C(=O)COC(=O)Cn2cnc3ccccc32)C(C)(C)c2ccccc21. The molecule has 0 bridgehead atoms. The van der Waals surface area contributed by atoms with E-state index in [9.17, 15) is 9.59 Å². The van der Waals surface area contributed by atoms with Gasteiger partial charge in [0.25, 0.3) is 0 Å². The average Bonchev–Trinajstić information content (AvgIpc) is 3.20. The van der Waals surface area contributed by atoms with Crippen LogP contribution in [-0.4, -0.2) is 35.0 Å². The molecule has 0 unspecified atom stereocenters. The molecule has 0 atom stereocenters. The van der Waals surface area contributed by atoms with Crippen molar-refractivity contribution in [1.82, 2.24) is 9.55 Å². The van der Waals surface area contributed by atoms with Gasteiger partial charge in [-0.05, 0) is 23.8 Å². The Bertz CT molecular complexity index is 1130. The number of carbonyl (C=O) groups excluding carboxylic acids is 2. The second-order valence-electron chi connectivity index (χ2n) is 7.72. The largest absolute Gasteiger partial charge is 0.456 e. The van der Waals surface area contributed by atoms with Gasteiger partial charge in [0.15, 0.2) is 12.4 Å². The van der Waals surface area contributed by atoms with Gasteiger partial charge in [-0.25, -0.2) is 4.98 Å². The molecular formula is C23H23N3O3. The lowest BCUT2D eigenvalue weighted by Crippen LogP contribution is -2.25. The molecule has 0 saturated carbocycles. The molecule has 1 aliphatic heterocycles. The van der Waals surface area contributed by atoms with Crippen LogP contribution in [0.1, 0.15) is 19.4 Å². The van der Waals surface area contributed by atoms with Crippen LogP contribution in [0.15, 0.2) is 66.6 Å². The van der Waals surface area contributed by atoms with Crippen LogP contribution in [0.3, 0.4) is 0 Å². The van der Waals surface area contributed by atoms with E-state index >= 15 is 0 Å². The fourth-order valence-corrected chi connectivity index (χ4v) is 3.93. The molecule has 1 aliphatic rings. The first kappa shape index (κ1) is 18.9. The van der Waals surface area contributed by atoms with Crippen molar-refractivity contribution in [2.24, 2.45) is 0 Å². The van der Waals surface area contributed by atoms with Crippen LogP contribution in [0.5, 0.6) is 0 Å². The Labute approximate surface area is 169 Å². The minimum absolute atomic E-state index is 0.0151. The maximum atomic E-state index is 12.5. The van der Waals surface area contributed by atoms with Crippen LogP contribution in [0, 0.1) is 0 Å². The maximum Gasteiger partial charge on any atom is 0.326 e. The minimum atomic E-state index is -0.470. The number of nitrogens with zero attached hydrogens (tertiary/aromatic N) is 3. The standard InChI is InChI=1S/C23H23N3O3/c1-23(2)17-8-4-6-10-19(17)25(3)21(23)12-16(27)14-29-22(28)13-26-15-24-18-9-5-7-11-20(18)26/h4-12,15H,13-14H2,1-3H3/b21-12+. The molecular weight excluding hydrogens is 366 g/mol. The lowest BCUT2D eigenvalue weighted by Gasteiger charge is -2.23. The predicted octanol–water partition coefficient (Wildman–Crippen LogP) is 3.46. The molecule has 0 N–H and O–H groups in total. The number of hydrogen-bond donors (Lipinski definition) is 0. The normalized spacial score (nSPS) is 16.2. The van der Waals surface area contributed by atoms with Crippen molar-refractivity contribution in [1.29, 1.82) is 0 Å². The van der Waals surface area contributed by atoms with Crippen molar-refractivity contribution in [3.63, 3.8) is 0 Å². The molecule has 0 aliphatic carbocycles. The summed E-state index contributed by atoms with van der Waals surface area (Å²) < 4.78 is 6.93. The van der Waals surface area contributed by atoms with Crippen molar-refractivity contribution in [3.05, 3.63) is 72.2 Å². The number of rotatable bonds is 5. The Morgan fingerprint density at radius 3 is 2.62 bits per heavy atom. The van der Waals surface area contributed by atoms with Crippen molar-refractivity contribution in [3.8, 4) is 0 Å². The number of para-hydroxylation sites is 3. The number of aromatic nitrogens is 2. The number of imidazole rings is 1. The zero-order valence-corrected chi connectivity index (χ0v) is 16.8. The molecule has 0 fully saturated rings. The summed E-state index contributed by atoms with van der Waals surface area (Å²) in [7, 11) is 1.95. The van der Waals surface area contributed by atoms with Gasteiger partial charge in [-0.2, -0.15) is 0 Å². The van der Waals surface area contributed by atoms with Gasteiger partial charge in [0.1, 0.15) is 6.54 Å². The van der Waals surface area contributed by atoms with E-state index in [4.69, 9.17) is 4.74 Å². The van der Waals surface area contributed by atoms with E-state index in [0.29, 0.717) is 0 Å². The van der Waals surface area contributed by atoms with Crippen LogP contribution in [0.25, 0.3) is 11.0 Å². The third-order valence-corrected chi connectivity index (χ3v) is 5.44. The number of carbonyl (C=O) groups is 2. The zero-order valence-electron chi connectivity index (χ0n) is 16.8. The lowest BCUT2D eigenvalue weighted by molar-refractivity contribution is -0.147. The Hall–Kier alpha value is -3.41. The fourth-order valence-electron chi connectivity index (χ4n) is 3.93. The number of ketones is 1. The number of benzene rings is 2. The topological polar surface area (TPSA) is 64.4 Å². The first-order valence-electron chi connectivity index (χ1n) is 9.51. The summed E-state index contributed by atoms with van der Waals surface area (Å²) in [6.07, 6.45) is 3.18. The Kier molecular flexibility index (Phi) is 4.70. The molecule has 29 heavy (non-hydrogen) atoms. The summed E-state index contributed by atoms with van der Waals surface area (Å²) in [5.41, 5.74) is 4.52. The van der Waals surface area contributed by atoms with Gasteiger partial charge in [-0.3, -0.25) is 9.59 Å². The quantitative estimate of drug-likeness (QED) is 0.494.